The van der Waals surface area contributed by atoms with E-state index in [-0.39, 0.29) is 24.0 Å². The van der Waals surface area contributed by atoms with Gasteiger partial charge in [0, 0.05) is 26.8 Å². The molecule has 0 aromatic carbocycles. The molecule has 0 bridgehead atoms. The van der Waals surface area contributed by atoms with Gasteiger partial charge in [0.25, 0.3) is 0 Å². The Morgan fingerprint density at radius 3 is 2.71 bits per heavy atom. The molecule has 122 valence electrons. The zero-order chi connectivity index (χ0) is 14.8. The molecule has 0 fully saturated rings. The van der Waals surface area contributed by atoms with E-state index in [9.17, 15) is 0 Å². The van der Waals surface area contributed by atoms with Gasteiger partial charge in [0.1, 0.15) is 0 Å². The minimum atomic E-state index is 0. The van der Waals surface area contributed by atoms with Gasteiger partial charge in [-0.2, -0.15) is 4.98 Å². The molecule has 0 aliphatic heterocycles. The van der Waals surface area contributed by atoms with E-state index in [2.05, 4.69) is 39.6 Å². The highest BCUT2D eigenvalue weighted by Gasteiger charge is 2.03. The smallest absolute Gasteiger partial charge is 0.246 e. The number of ether oxygens (including phenoxy) is 1. The number of hydrogen-bond donors (Lipinski definition) is 2. The first kappa shape index (κ1) is 20.1. The van der Waals surface area contributed by atoms with Crippen molar-refractivity contribution in [2.75, 3.05) is 26.8 Å². The topological polar surface area (TPSA) is 84.6 Å². The van der Waals surface area contributed by atoms with Crippen molar-refractivity contribution in [3.63, 3.8) is 0 Å². The summed E-state index contributed by atoms with van der Waals surface area (Å²) in [5.41, 5.74) is 0. The molecule has 0 unspecified atom stereocenters. The lowest BCUT2D eigenvalue weighted by atomic mass is 10.2. The van der Waals surface area contributed by atoms with E-state index in [0.717, 1.165) is 26.2 Å². The average Bonchev–Trinajstić information content (AvgIpc) is 2.82. The molecular formula is C13H26IN5O2. The van der Waals surface area contributed by atoms with Crippen LogP contribution in [0, 0.1) is 12.8 Å². The van der Waals surface area contributed by atoms with Gasteiger partial charge in [-0.1, -0.05) is 19.0 Å². The van der Waals surface area contributed by atoms with Crippen molar-refractivity contribution >= 4 is 29.9 Å². The maximum atomic E-state index is 5.51. The van der Waals surface area contributed by atoms with Crippen LogP contribution in [0.2, 0.25) is 0 Å². The summed E-state index contributed by atoms with van der Waals surface area (Å²) in [4.78, 5) is 8.23. The Morgan fingerprint density at radius 1 is 1.38 bits per heavy atom. The van der Waals surface area contributed by atoms with Crippen LogP contribution in [0.5, 0.6) is 0 Å². The van der Waals surface area contributed by atoms with Crippen LogP contribution in [0.1, 0.15) is 32.0 Å². The minimum Gasteiger partial charge on any atom is -0.381 e. The van der Waals surface area contributed by atoms with Gasteiger partial charge in [-0.25, -0.2) is 0 Å². The lowest BCUT2D eigenvalue weighted by Gasteiger charge is -2.11. The summed E-state index contributed by atoms with van der Waals surface area (Å²) in [6.45, 7) is 8.91. The Labute approximate surface area is 143 Å². The van der Waals surface area contributed by atoms with E-state index < -0.39 is 0 Å². The summed E-state index contributed by atoms with van der Waals surface area (Å²) >= 11 is 0. The van der Waals surface area contributed by atoms with Crippen molar-refractivity contribution < 1.29 is 9.26 Å². The molecule has 1 heterocycles. The van der Waals surface area contributed by atoms with Crippen molar-refractivity contribution in [2.45, 2.75) is 33.7 Å². The molecule has 0 aliphatic rings. The Kier molecular flexibility index (Phi) is 11.2. The molecule has 8 heteroatoms. The average molecular weight is 411 g/mol. The number of nitrogens with one attached hydrogen (secondary N) is 2. The highest BCUT2D eigenvalue weighted by Crippen LogP contribution is 1.95. The molecule has 0 radical (unpaired) electrons. The molecule has 21 heavy (non-hydrogen) atoms. The monoisotopic (exact) mass is 411 g/mol. The van der Waals surface area contributed by atoms with Crippen LogP contribution in [-0.2, 0) is 11.3 Å². The molecule has 0 amide bonds. The number of aryl methyl sites for hydroxylation is 1. The lowest BCUT2D eigenvalue weighted by molar-refractivity contribution is 0.108. The predicted molar refractivity (Wildman–Crippen MR) is 92.9 cm³/mol. The molecule has 1 aromatic rings. The Balaban J connectivity index is 0.00000400. The fraction of sp³-hybridized carbons (Fsp3) is 0.769. The zero-order valence-corrected chi connectivity index (χ0v) is 15.5. The Hall–Kier alpha value is -0.900. The fourth-order valence-electron chi connectivity index (χ4n) is 1.49. The molecule has 0 atom stereocenters. The Morgan fingerprint density at radius 2 is 2.14 bits per heavy atom. The van der Waals surface area contributed by atoms with Crippen LogP contribution in [0.25, 0.3) is 0 Å². The Bertz CT molecular complexity index is 409. The second kappa shape index (κ2) is 11.7. The highest BCUT2D eigenvalue weighted by molar-refractivity contribution is 14.0. The zero-order valence-electron chi connectivity index (χ0n) is 13.2. The van der Waals surface area contributed by atoms with Crippen LogP contribution in [0.4, 0.5) is 0 Å². The number of aromatic nitrogens is 2. The summed E-state index contributed by atoms with van der Waals surface area (Å²) in [5.74, 6) is 2.47. The number of nitrogens with zero attached hydrogens (tertiary/aromatic N) is 3. The van der Waals surface area contributed by atoms with Crippen LogP contribution < -0.4 is 10.6 Å². The first-order valence-electron chi connectivity index (χ1n) is 6.93. The van der Waals surface area contributed by atoms with Gasteiger partial charge < -0.3 is 19.9 Å². The van der Waals surface area contributed by atoms with Gasteiger partial charge in [-0.05, 0) is 19.3 Å². The summed E-state index contributed by atoms with van der Waals surface area (Å²) in [5, 5.41) is 10.0. The quantitative estimate of drug-likeness (QED) is 0.293. The summed E-state index contributed by atoms with van der Waals surface area (Å²) in [7, 11) is 1.73. The molecule has 0 saturated heterocycles. The summed E-state index contributed by atoms with van der Waals surface area (Å²) < 4.78 is 10.5. The predicted octanol–water partition coefficient (Wildman–Crippen LogP) is 1.72. The SMILES string of the molecule is CN=C(NCCCOCC(C)C)NCc1nc(C)no1.I. The number of guanidine groups is 1. The molecule has 0 aliphatic carbocycles. The van der Waals surface area contributed by atoms with E-state index in [0.29, 0.717) is 30.1 Å². The molecule has 0 spiro atoms. The number of hydrogen-bond acceptors (Lipinski definition) is 5. The molecule has 2 N–H and O–H groups in total. The van der Waals surface area contributed by atoms with Gasteiger partial charge in [0.05, 0.1) is 6.54 Å². The molecule has 7 nitrogen and oxygen atoms in total. The largest absolute Gasteiger partial charge is 0.381 e. The first-order valence-corrected chi connectivity index (χ1v) is 6.93. The summed E-state index contributed by atoms with van der Waals surface area (Å²) in [6.07, 6.45) is 0.938. The van der Waals surface area contributed by atoms with E-state index in [1.165, 1.54) is 0 Å². The van der Waals surface area contributed by atoms with E-state index in [1.807, 2.05) is 0 Å². The van der Waals surface area contributed by atoms with Gasteiger partial charge in [0.2, 0.25) is 5.89 Å². The third-order valence-electron chi connectivity index (χ3n) is 2.41. The van der Waals surface area contributed by atoms with Crippen LogP contribution in [0.3, 0.4) is 0 Å². The van der Waals surface area contributed by atoms with Crippen LogP contribution in [-0.4, -0.2) is 42.9 Å². The van der Waals surface area contributed by atoms with Crippen molar-refractivity contribution in [1.29, 1.82) is 0 Å². The van der Waals surface area contributed by atoms with Crippen molar-refractivity contribution in [1.82, 2.24) is 20.8 Å². The van der Waals surface area contributed by atoms with E-state index >= 15 is 0 Å². The molecular weight excluding hydrogens is 385 g/mol. The highest BCUT2D eigenvalue weighted by atomic mass is 127. The van der Waals surface area contributed by atoms with E-state index in [1.54, 1.807) is 14.0 Å². The van der Waals surface area contributed by atoms with Gasteiger partial charge in [0.15, 0.2) is 11.8 Å². The third-order valence-corrected chi connectivity index (χ3v) is 2.41. The van der Waals surface area contributed by atoms with E-state index in [4.69, 9.17) is 9.26 Å². The lowest BCUT2D eigenvalue weighted by Crippen LogP contribution is -2.37. The van der Waals surface area contributed by atoms with Gasteiger partial charge >= 0.3 is 0 Å². The second-order valence-electron chi connectivity index (χ2n) is 4.91. The summed E-state index contributed by atoms with van der Waals surface area (Å²) in [6, 6.07) is 0. The third kappa shape index (κ3) is 9.62. The number of aliphatic imine (C=N–C) groups is 1. The number of halogens is 1. The van der Waals surface area contributed by atoms with Crippen molar-refractivity contribution in [3.05, 3.63) is 11.7 Å². The fourth-order valence-corrected chi connectivity index (χ4v) is 1.49. The normalized spacial score (nSPS) is 11.4. The van der Waals surface area contributed by atoms with Gasteiger partial charge in [-0.15, -0.1) is 24.0 Å². The van der Waals surface area contributed by atoms with Crippen molar-refractivity contribution in [2.24, 2.45) is 10.9 Å². The molecule has 0 saturated carbocycles. The second-order valence-corrected chi connectivity index (χ2v) is 4.91. The molecule has 1 aromatic heterocycles. The number of rotatable bonds is 8. The maximum absolute atomic E-state index is 5.51. The maximum Gasteiger partial charge on any atom is 0.246 e. The van der Waals surface area contributed by atoms with Gasteiger partial charge in [-0.3, -0.25) is 4.99 Å². The first-order chi connectivity index (χ1) is 9.61. The van der Waals surface area contributed by atoms with Crippen molar-refractivity contribution in [3.8, 4) is 0 Å². The standard InChI is InChI=1S/C13H25N5O2.HI/c1-10(2)9-19-7-5-6-15-13(14-4)16-8-12-17-11(3)18-20-12;/h10H,5-9H2,1-4H3,(H2,14,15,16);1H. The molecule has 1 rings (SSSR count). The minimum absolute atomic E-state index is 0. The van der Waals surface area contributed by atoms with Crippen LogP contribution >= 0.6 is 24.0 Å². The van der Waals surface area contributed by atoms with Crippen LogP contribution in [0.15, 0.2) is 9.52 Å².